The molecule has 0 aromatic rings. The molecule has 0 atom stereocenters. The molecule has 0 unspecified atom stereocenters. The van der Waals surface area contributed by atoms with Gasteiger partial charge in [-0.05, 0) is 39.8 Å². The van der Waals surface area contributed by atoms with Gasteiger partial charge in [0.15, 0.2) is 5.96 Å². The molecule has 2 rings (SSSR count). The van der Waals surface area contributed by atoms with Gasteiger partial charge in [0.1, 0.15) is 0 Å². The molecular weight excluding hydrogens is 387 g/mol. The molecule has 0 amide bonds. The van der Waals surface area contributed by atoms with Gasteiger partial charge in [0.2, 0.25) is 0 Å². The summed E-state index contributed by atoms with van der Waals surface area (Å²) in [5, 5.41) is 3.47. The van der Waals surface area contributed by atoms with E-state index in [2.05, 4.69) is 24.3 Å². The second kappa shape index (κ2) is 9.96. The minimum absolute atomic E-state index is 0. The van der Waals surface area contributed by atoms with Crippen molar-refractivity contribution in [3.63, 3.8) is 0 Å². The van der Waals surface area contributed by atoms with Crippen molar-refractivity contribution in [2.24, 2.45) is 16.1 Å². The summed E-state index contributed by atoms with van der Waals surface area (Å²) in [7, 11) is 4.33. The summed E-state index contributed by atoms with van der Waals surface area (Å²) in [6.45, 7) is 2.02. The van der Waals surface area contributed by atoms with Crippen molar-refractivity contribution in [3.05, 3.63) is 0 Å². The Labute approximate surface area is 153 Å². The van der Waals surface area contributed by atoms with Gasteiger partial charge < -0.3 is 16.0 Å². The van der Waals surface area contributed by atoms with Gasteiger partial charge in [0.25, 0.3) is 0 Å². The molecule has 2 aliphatic rings. The van der Waals surface area contributed by atoms with E-state index in [1.807, 2.05) is 0 Å². The Bertz CT molecular complexity index is 330. The molecule has 130 valence electrons. The highest BCUT2D eigenvalue weighted by molar-refractivity contribution is 14.0. The summed E-state index contributed by atoms with van der Waals surface area (Å²) >= 11 is 0. The van der Waals surface area contributed by atoms with Crippen LogP contribution in [0.5, 0.6) is 0 Å². The second-order valence-corrected chi connectivity index (χ2v) is 7.48. The van der Waals surface area contributed by atoms with Crippen molar-refractivity contribution in [1.29, 1.82) is 0 Å². The molecule has 4 nitrogen and oxygen atoms in total. The summed E-state index contributed by atoms with van der Waals surface area (Å²) in [6.07, 6.45) is 13.2. The van der Waals surface area contributed by atoms with Crippen LogP contribution in [0.4, 0.5) is 0 Å². The summed E-state index contributed by atoms with van der Waals surface area (Å²) < 4.78 is 0. The molecular formula is C17H35IN4. The molecule has 3 N–H and O–H groups in total. The Morgan fingerprint density at radius 3 is 2.23 bits per heavy atom. The molecule has 0 spiro atoms. The number of rotatable bonds is 5. The average molecular weight is 422 g/mol. The van der Waals surface area contributed by atoms with Crippen molar-refractivity contribution in [1.82, 2.24) is 10.2 Å². The van der Waals surface area contributed by atoms with Gasteiger partial charge in [0, 0.05) is 24.5 Å². The van der Waals surface area contributed by atoms with E-state index in [-0.39, 0.29) is 24.0 Å². The molecule has 0 heterocycles. The summed E-state index contributed by atoms with van der Waals surface area (Å²) in [4.78, 5) is 7.01. The monoisotopic (exact) mass is 422 g/mol. The first-order chi connectivity index (χ1) is 10.1. The molecule has 5 heteroatoms. The predicted octanol–water partition coefficient (Wildman–Crippen LogP) is 3.35. The van der Waals surface area contributed by atoms with Crippen LogP contribution < -0.4 is 11.1 Å². The fourth-order valence-corrected chi connectivity index (χ4v) is 4.09. The van der Waals surface area contributed by atoms with Gasteiger partial charge >= 0.3 is 0 Å². The van der Waals surface area contributed by atoms with Crippen LogP contribution in [0.15, 0.2) is 4.99 Å². The van der Waals surface area contributed by atoms with Crippen LogP contribution in [0.1, 0.15) is 64.2 Å². The van der Waals surface area contributed by atoms with Crippen LogP contribution in [0, 0.1) is 5.41 Å². The number of hydrogen-bond donors (Lipinski definition) is 2. The van der Waals surface area contributed by atoms with E-state index in [0.29, 0.717) is 17.4 Å². The maximum Gasteiger partial charge on any atom is 0.188 e. The number of nitrogens with zero attached hydrogens (tertiary/aromatic N) is 2. The topological polar surface area (TPSA) is 53.6 Å². The molecule has 0 bridgehead atoms. The highest BCUT2D eigenvalue weighted by Gasteiger charge is 2.34. The number of nitrogens with two attached hydrogens (primary N) is 1. The standard InChI is InChI=1S/C17H34N4.HI/c1-21(2)14-17(11-7-8-12-17)13-19-16(18)20-15-9-5-3-4-6-10-15;/h15H,3-14H2,1-2H3,(H3,18,19,20);1H. The van der Waals surface area contributed by atoms with E-state index in [9.17, 15) is 0 Å². The lowest BCUT2D eigenvalue weighted by Gasteiger charge is -2.30. The van der Waals surface area contributed by atoms with Crippen LogP contribution in [0.25, 0.3) is 0 Å². The van der Waals surface area contributed by atoms with Crippen molar-refractivity contribution in [3.8, 4) is 0 Å². The van der Waals surface area contributed by atoms with E-state index < -0.39 is 0 Å². The Hall–Kier alpha value is -0.0400. The molecule has 2 fully saturated rings. The molecule has 2 saturated carbocycles. The van der Waals surface area contributed by atoms with E-state index in [4.69, 9.17) is 10.7 Å². The van der Waals surface area contributed by atoms with E-state index >= 15 is 0 Å². The normalized spacial score (nSPS) is 23.1. The van der Waals surface area contributed by atoms with Crippen molar-refractivity contribution in [2.75, 3.05) is 27.2 Å². The van der Waals surface area contributed by atoms with Crippen LogP contribution >= 0.6 is 24.0 Å². The quantitative estimate of drug-likeness (QED) is 0.309. The first-order valence-corrected chi connectivity index (χ1v) is 8.81. The minimum atomic E-state index is 0. The number of hydrogen-bond acceptors (Lipinski definition) is 2. The van der Waals surface area contributed by atoms with Gasteiger partial charge in [-0.2, -0.15) is 0 Å². The lowest BCUT2D eigenvalue weighted by Crippen LogP contribution is -2.41. The first-order valence-electron chi connectivity index (χ1n) is 8.81. The van der Waals surface area contributed by atoms with Crippen LogP contribution in [0.3, 0.4) is 0 Å². The lowest BCUT2D eigenvalue weighted by molar-refractivity contribution is 0.210. The van der Waals surface area contributed by atoms with E-state index in [0.717, 1.165) is 13.1 Å². The SMILES string of the molecule is CN(C)CC1(CN=C(N)NC2CCCCCC2)CCCC1.I. The number of halogens is 1. The third-order valence-corrected chi connectivity index (χ3v) is 5.11. The summed E-state index contributed by atoms with van der Waals surface area (Å²) in [5.74, 6) is 0.673. The van der Waals surface area contributed by atoms with Gasteiger partial charge in [-0.3, -0.25) is 4.99 Å². The van der Waals surface area contributed by atoms with Crippen molar-refractivity contribution in [2.45, 2.75) is 70.3 Å². The highest BCUT2D eigenvalue weighted by atomic mass is 127. The fraction of sp³-hybridized carbons (Fsp3) is 0.941. The van der Waals surface area contributed by atoms with Crippen LogP contribution in [-0.4, -0.2) is 44.1 Å². The number of aliphatic imine (C=N–C) groups is 1. The maximum atomic E-state index is 6.15. The van der Waals surface area contributed by atoms with E-state index in [1.54, 1.807) is 0 Å². The largest absolute Gasteiger partial charge is 0.370 e. The van der Waals surface area contributed by atoms with E-state index in [1.165, 1.54) is 64.2 Å². The number of guanidine groups is 1. The van der Waals surface area contributed by atoms with Gasteiger partial charge in [-0.1, -0.05) is 38.5 Å². The molecule has 0 aliphatic heterocycles. The third-order valence-electron chi connectivity index (χ3n) is 5.11. The Balaban J connectivity index is 0.00000242. The Morgan fingerprint density at radius 2 is 1.68 bits per heavy atom. The minimum Gasteiger partial charge on any atom is -0.370 e. The zero-order chi connectivity index (χ0) is 15.1. The zero-order valence-electron chi connectivity index (χ0n) is 14.4. The molecule has 0 aromatic carbocycles. The maximum absolute atomic E-state index is 6.15. The summed E-state index contributed by atoms with van der Waals surface area (Å²) in [6, 6.07) is 0.546. The third kappa shape index (κ3) is 6.60. The molecule has 0 radical (unpaired) electrons. The Morgan fingerprint density at radius 1 is 1.09 bits per heavy atom. The van der Waals surface area contributed by atoms with Crippen LogP contribution in [0.2, 0.25) is 0 Å². The Kier molecular flexibility index (Phi) is 9.05. The first kappa shape index (κ1) is 20.0. The average Bonchev–Trinajstić information content (AvgIpc) is 2.72. The fourth-order valence-electron chi connectivity index (χ4n) is 4.09. The lowest BCUT2D eigenvalue weighted by atomic mass is 9.86. The van der Waals surface area contributed by atoms with Crippen molar-refractivity contribution < 1.29 is 0 Å². The van der Waals surface area contributed by atoms with Gasteiger partial charge in [0.05, 0.1) is 0 Å². The second-order valence-electron chi connectivity index (χ2n) is 7.48. The van der Waals surface area contributed by atoms with Crippen molar-refractivity contribution >= 4 is 29.9 Å². The molecule has 22 heavy (non-hydrogen) atoms. The smallest absolute Gasteiger partial charge is 0.188 e. The zero-order valence-corrected chi connectivity index (χ0v) is 16.8. The molecule has 2 aliphatic carbocycles. The predicted molar refractivity (Wildman–Crippen MR) is 106 cm³/mol. The highest BCUT2D eigenvalue weighted by Crippen LogP contribution is 2.38. The van der Waals surface area contributed by atoms with Gasteiger partial charge in [-0.15, -0.1) is 24.0 Å². The van der Waals surface area contributed by atoms with Crippen LogP contribution in [-0.2, 0) is 0 Å². The molecule has 0 saturated heterocycles. The molecule has 0 aromatic heterocycles. The van der Waals surface area contributed by atoms with Gasteiger partial charge in [-0.25, -0.2) is 0 Å². The number of nitrogens with one attached hydrogen (secondary N) is 1. The summed E-state index contributed by atoms with van der Waals surface area (Å²) in [5.41, 5.74) is 6.51.